The van der Waals surface area contributed by atoms with E-state index in [1.165, 1.54) is 83.5 Å². The Kier molecular flexibility index (Phi) is 12.0. The molecule has 3 heteroatoms. The van der Waals surface area contributed by atoms with Crippen LogP contribution in [0.3, 0.4) is 0 Å². The maximum Gasteiger partial charge on any atom is 0.671 e. The predicted molar refractivity (Wildman–Crippen MR) is 144 cm³/mol. The molecule has 0 heterocycles. The zero-order valence-electron chi connectivity index (χ0n) is 21.2. The van der Waals surface area contributed by atoms with Crippen LogP contribution in [0, 0.1) is 0 Å². The number of hydrogen-bond acceptors (Lipinski definition) is 2. The molecule has 0 atom stereocenters. The lowest BCUT2D eigenvalue weighted by Gasteiger charge is -2.05. The third-order valence-electron chi connectivity index (χ3n) is 6.84. The molecule has 3 aromatic rings. The number of nitrogens with two attached hydrogens (primary N) is 1. The smallest absolute Gasteiger partial charge is 0.0838 e. The van der Waals surface area contributed by atoms with Gasteiger partial charge in [-0.25, -0.2) is 0 Å². The lowest BCUT2D eigenvalue weighted by atomic mass is 9.97. The van der Waals surface area contributed by atoms with Crippen molar-refractivity contribution in [2.75, 3.05) is 6.54 Å². The van der Waals surface area contributed by atoms with Crippen molar-refractivity contribution in [2.45, 2.75) is 96.8 Å². The Hall–Kier alpha value is -2.39. The van der Waals surface area contributed by atoms with Gasteiger partial charge in [0.2, 0.25) is 0 Å². The summed E-state index contributed by atoms with van der Waals surface area (Å²) in [4.78, 5) is 18.6. The molecule has 0 amide bonds. The minimum atomic E-state index is -0.252. The summed E-state index contributed by atoms with van der Waals surface area (Å²) in [6, 6.07) is 18.2. The van der Waals surface area contributed by atoms with Gasteiger partial charge in [0.05, 0.1) is 4.79 Å². The third-order valence-corrected chi connectivity index (χ3v) is 6.84. The molecule has 0 saturated carbocycles. The van der Waals surface area contributed by atoms with E-state index in [1.807, 2.05) is 36.4 Å². The van der Waals surface area contributed by atoms with E-state index < -0.39 is 0 Å². The van der Waals surface area contributed by atoms with Crippen LogP contribution < -0.4 is 5.48 Å². The molecule has 0 aliphatic carbocycles. The molecule has 0 aliphatic heterocycles. The van der Waals surface area contributed by atoms with Crippen molar-refractivity contribution in [1.29, 1.82) is 0 Å². The van der Waals surface area contributed by atoms with Crippen LogP contribution in [0.15, 0.2) is 54.6 Å². The summed E-state index contributed by atoms with van der Waals surface area (Å²) >= 11 is 0. The van der Waals surface area contributed by atoms with Gasteiger partial charge in [-0.15, -0.1) is 0 Å². The zero-order valence-corrected chi connectivity index (χ0v) is 21.2. The average molecular weight is 463 g/mol. The van der Waals surface area contributed by atoms with E-state index in [2.05, 4.69) is 25.1 Å². The minimum Gasteiger partial charge on any atom is -0.0838 e. The van der Waals surface area contributed by atoms with Crippen molar-refractivity contribution in [3.05, 3.63) is 60.2 Å². The van der Waals surface area contributed by atoms with Gasteiger partial charge in [0.25, 0.3) is 0 Å². The number of quaternary nitrogens is 1. The topological polar surface area (TPSA) is 45.7 Å². The van der Waals surface area contributed by atoms with Crippen molar-refractivity contribution >= 4 is 27.5 Å². The molecule has 183 valence electrons. The van der Waals surface area contributed by atoms with Gasteiger partial charge in [0.1, 0.15) is 6.54 Å². The summed E-state index contributed by atoms with van der Waals surface area (Å²) in [6.45, 7) is 3.11. The number of carbonyl (C=O) groups is 1. The quantitative estimate of drug-likeness (QED) is 0.0953. The highest BCUT2D eigenvalue weighted by molar-refractivity contribution is 6.16. The van der Waals surface area contributed by atoms with Crippen LogP contribution in [0.25, 0.3) is 21.5 Å². The predicted octanol–water partition coefficient (Wildman–Crippen LogP) is 8.11. The molecule has 0 aliphatic rings. The summed E-state index contributed by atoms with van der Waals surface area (Å²) in [7, 11) is 0. The van der Waals surface area contributed by atoms with Crippen molar-refractivity contribution in [3.63, 3.8) is 0 Å². The van der Waals surface area contributed by atoms with E-state index in [1.54, 1.807) is 5.48 Å². The molecule has 2 N–H and O–H groups in total. The monoisotopic (exact) mass is 462 g/mol. The fraction of sp³-hybridized carbons (Fsp3) is 0.516. The maximum absolute atomic E-state index is 13.0. The van der Waals surface area contributed by atoms with E-state index in [-0.39, 0.29) is 5.97 Å². The SMILES string of the molecule is CCCCCCCCCCCCCCCC[NH2+]OC(=[O+])c1c2ccccc2cc2ccccc12. The molecule has 3 aromatic carbocycles. The summed E-state index contributed by atoms with van der Waals surface area (Å²) in [5, 5.41) is 4.05. The summed E-state index contributed by atoms with van der Waals surface area (Å²) in [6.07, 6.45) is 18.9. The van der Waals surface area contributed by atoms with Gasteiger partial charge in [0.15, 0.2) is 5.56 Å². The first-order valence-corrected chi connectivity index (χ1v) is 13.7. The number of rotatable bonds is 17. The molecule has 0 aromatic heterocycles. The Labute approximate surface area is 206 Å². The standard InChI is InChI=1S/C31H43NO2/c1-2-3-4-5-6-7-8-9-10-11-12-13-14-19-24-32-34-31(33)30-28-22-17-15-20-26(28)25-27-21-16-18-23-29(27)30/h15-18,20-23,25,32H,2-14,19,24H2,1H3/q+1/p+1. The van der Waals surface area contributed by atoms with Crippen LogP contribution >= 0.6 is 0 Å². The van der Waals surface area contributed by atoms with Gasteiger partial charge >= 0.3 is 5.97 Å². The molecule has 0 saturated heterocycles. The van der Waals surface area contributed by atoms with Crippen molar-refractivity contribution in [2.24, 2.45) is 0 Å². The molecule has 0 fully saturated rings. The van der Waals surface area contributed by atoms with Crippen molar-refractivity contribution in [1.82, 2.24) is 0 Å². The first kappa shape index (κ1) is 26.2. The molecule has 3 rings (SSSR count). The molecule has 3 nitrogen and oxygen atoms in total. The fourth-order valence-electron chi connectivity index (χ4n) is 4.85. The molecule has 0 spiro atoms. The first-order valence-electron chi connectivity index (χ1n) is 13.7. The van der Waals surface area contributed by atoms with Crippen molar-refractivity contribution < 1.29 is 15.1 Å². The van der Waals surface area contributed by atoms with Gasteiger partial charge in [-0.3, -0.25) is 0 Å². The van der Waals surface area contributed by atoms with Crippen LogP contribution in [0.4, 0.5) is 0 Å². The Balaban J connectivity index is 1.27. The normalized spacial score (nSPS) is 11.3. The lowest BCUT2D eigenvalue weighted by molar-refractivity contribution is -0.870. The second-order valence-corrected chi connectivity index (χ2v) is 9.65. The van der Waals surface area contributed by atoms with E-state index in [4.69, 9.17) is 4.84 Å². The van der Waals surface area contributed by atoms with E-state index in [9.17, 15) is 4.79 Å². The highest BCUT2D eigenvalue weighted by atomic mass is 16.7. The number of unbranched alkanes of at least 4 members (excludes halogenated alkanes) is 13. The summed E-state index contributed by atoms with van der Waals surface area (Å²) in [5.41, 5.74) is 2.38. The molecule has 1 radical (unpaired) electrons. The summed E-state index contributed by atoms with van der Waals surface area (Å²) in [5.74, 6) is -0.252. The number of carbonyl (C=O) groups excluding carboxylic acids is 1. The second kappa shape index (κ2) is 15.5. The first-order chi connectivity index (χ1) is 16.8. The number of benzene rings is 3. The highest BCUT2D eigenvalue weighted by Gasteiger charge is 2.29. The second-order valence-electron chi connectivity index (χ2n) is 9.65. The molecule has 0 unspecified atom stereocenters. The number of fused-ring (bicyclic) bond motifs is 2. The molecular formula is C31H44NO2+2. The van der Waals surface area contributed by atoms with E-state index in [0.717, 1.165) is 34.5 Å². The van der Waals surface area contributed by atoms with Gasteiger partial charge < -0.3 is 0 Å². The van der Waals surface area contributed by atoms with Crippen LogP contribution in [-0.2, 0) is 4.84 Å². The maximum atomic E-state index is 13.0. The fourth-order valence-corrected chi connectivity index (χ4v) is 4.85. The Morgan fingerprint density at radius 3 is 1.59 bits per heavy atom. The van der Waals surface area contributed by atoms with Crippen LogP contribution in [0.5, 0.6) is 0 Å². The largest absolute Gasteiger partial charge is 0.671 e. The highest BCUT2D eigenvalue weighted by Crippen LogP contribution is 2.28. The number of hydrogen-bond donors (Lipinski definition) is 1. The molecular weight excluding hydrogens is 418 g/mol. The average Bonchev–Trinajstić information content (AvgIpc) is 2.86. The molecule has 34 heavy (non-hydrogen) atoms. The van der Waals surface area contributed by atoms with E-state index >= 15 is 0 Å². The van der Waals surface area contributed by atoms with Crippen LogP contribution in [0.1, 0.15) is 107 Å². The Bertz CT molecular complexity index is 943. The van der Waals surface area contributed by atoms with Crippen LogP contribution in [0.2, 0.25) is 0 Å². The summed E-state index contributed by atoms with van der Waals surface area (Å²) < 4.78 is 0. The molecule has 0 bridgehead atoms. The third kappa shape index (κ3) is 8.43. The van der Waals surface area contributed by atoms with Crippen LogP contribution in [-0.4, -0.2) is 12.5 Å². The lowest BCUT2D eigenvalue weighted by Crippen LogP contribution is -2.84. The van der Waals surface area contributed by atoms with Gasteiger partial charge in [0, 0.05) is 17.2 Å². The minimum absolute atomic E-state index is 0.252. The van der Waals surface area contributed by atoms with Gasteiger partial charge in [-0.2, -0.15) is 0 Å². The zero-order chi connectivity index (χ0) is 23.8. The van der Waals surface area contributed by atoms with Gasteiger partial charge in [-0.1, -0.05) is 143 Å². The Morgan fingerprint density at radius 1 is 0.647 bits per heavy atom. The van der Waals surface area contributed by atoms with E-state index in [0.29, 0.717) is 5.56 Å². The number of hydroxylamine groups is 1. The van der Waals surface area contributed by atoms with Gasteiger partial charge in [-0.05, 0) is 23.3 Å². The van der Waals surface area contributed by atoms with Crippen molar-refractivity contribution in [3.8, 4) is 0 Å². The Morgan fingerprint density at radius 2 is 1.09 bits per heavy atom.